The van der Waals surface area contributed by atoms with E-state index in [0.29, 0.717) is 6.42 Å². The number of carbonyl (C=O) groups is 1. The van der Waals surface area contributed by atoms with Crippen molar-refractivity contribution in [1.82, 2.24) is 10.6 Å². The molecule has 0 aromatic heterocycles. The highest BCUT2D eigenvalue weighted by molar-refractivity contribution is 14.0. The van der Waals surface area contributed by atoms with Crippen LogP contribution in [0.4, 0.5) is 0 Å². The lowest BCUT2D eigenvalue weighted by atomic mass is 10.1. The van der Waals surface area contributed by atoms with Gasteiger partial charge in [-0.15, -0.1) is 35.7 Å². The van der Waals surface area contributed by atoms with Gasteiger partial charge in [0, 0.05) is 37.2 Å². The fourth-order valence-electron chi connectivity index (χ4n) is 2.13. The predicted molar refractivity (Wildman–Crippen MR) is 117 cm³/mol. The summed E-state index contributed by atoms with van der Waals surface area (Å²) in [5, 5.41) is 6.64. The zero-order valence-electron chi connectivity index (χ0n) is 15.1. The Balaban J connectivity index is 0.00000576. The molecule has 5 nitrogen and oxygen atoms in total. The van der Waals surface area contributed by atoms with Crippen LogP contribution in [0.15, 0.2) is 40.2 Å². The predicted octanol–water partition coefficient (Wildman–Crippen LogP) is 3.69. The monoisotopic (exact) mass is 479 g/mol. The van der Waals surface area contributed by atoms with Crippen molar-refractivity contribution in [2.75, 3.05) is 33.0 Å². The number of hydrogen-bond donors (Lipinski definition) is 2. The van der Waals surface area contributed by atoms with Crippen LogP contribution in [0.2, 0.25) is 0 Å². The molecule has 0 saturated heterocycles. The van der Waals surface area contributed by atoms with Crippen molar-refractivity contribution >= 4 is 47.7 Å². The molecular weight excluding hydrogens is 449 g/mol. The fraction of sp³-hybridized carbons (Fsp3) is 0.556. The van der Waals surface area contributed by atoms with E-state index in [-0.39, 0.29) is 29.9 Å². The molecule has 0 fully saturated rings. The zero-order chi connectivity index (χ0) is 17.5. The molecule has 0 aliphatic carbocycles. The highest BCUT2D eigenvalue weighted by atomic mass is 127. The van der Waals surface area contributed by atoms with Crippen molar-refractivity contribution in [3.8, 4) is 0 Å². The number of hydrogen-bond acceptors (Lipinski definition) is 4. The summed E-state index contributed by atoms with van der Waals surface area (Å²) in [6.07, 6.45) is 4.64. The quantitative estimate of drug-likeness (QED) is 0.127. The molecular formula is C18H30IN3O2S. The molecule has 7 heteroatoms. The van der Waals surface area contributed by atoms with Crippen LogP contribution in [0.25, 0.3) is 0 Å². The minimum absolute atomic E-state index is 0. The summed E-state index contributed by atoms with van der Waals surface area (Å²) in [5.41, 5.74) is 0. The molecule has 0 aliphatic heterocycles. The Kier molecular flexibility index (Phi) is 15.9. The van der Waals surface area contributed by atoms with Crippen LogP contribution in [0.3, 0.4) is 0 Å². The van der Waals surface area contributed by atoms with Crippen molar-refractivity contribution in [1.29, 1.82) is 0 Å². The maximum Gasteiger partial charge on any atom is 0.305 e. The van der Waals surface area contributed by atoms with Crippen LogP contribution in [0.1, 0.15) is 32.1 Å². The molecule has 25 heavy (non-hydrogen) atoms. The SMILES string of the molecule is CN=C(NCCCCCCC(=O)OC)NCCSc1ccccc1.I. The Morgan fingerprint density at radius 1 is 1.08 bits per heavy atom. The molecule has 0 heterocycles. The van der Waals surface area contributed by atoms with Crippen molar-refractivity contribution in [2.45, 2.75) is 37.0 Å². The van der Waals surface area contributed by atoms with E-state index >= 15 is 0 Å². The number of aliphatic imine (C=N–C) groups is 1. The number of nitrogens with one attached hydrogen (secondary N) is 2. The number of thioether (sulfide) groups is 1. The molecule has 0 saturated carbocycles. The Hall–Kier alpha value is -0.960. The normalized spacial score (nSPS) is 10.7. The van der Waals surface area contributed by atoms with Gasteiger partial charge in [-0.1, -0.05) is 31.0 Å². The molecule has 0 unspecified atom stereocenters. The van der Waals surface area contributed by atoms with Gasteiger partial charge in [0.05, 0.1) is 7.11 Å². The van der Waals surface area contributed by atoms with Gasteiger partial charge in [0.15, 0.2) is 5.96 Å². The van der Waals surface area contributed by atoms with E-state index in [2.05, 4.69) is 44.6 Å². The Morgan fingerprint density at radius 2 is 1.76 bits per heavy atom. The van der Waals surface area contributed by atoms with Gasteiger partial charge in [-0.3, -0.25) is 9.79 Å². The standard InChI is InChI=1S/C18H29N3O2S.HI/c1-19-18(20-13-9-4-3-8-12-17(22)23-2)21-14-15-24-16-10-6-5-7-11-16;/h5-7,10-11H,3-4,8-9,12-15H2,1-2H3,(H2,19,20,21);1H. The van der Waals surface area contributed by atoms with Gasteiger partial charge in [-0.05, 0) is 25.0 Å². The summed E-state index contributed by atoms with van der Waals surface area (Å²) in [6, 6.07) is 10.4. The smallest absolute Gasteiger partial charge is 0.305 e. The lowest BCUT2D eigenvalue weighted by molar-refractivity contribution is -0.140. The Morgan fingerprint density at radius 3 is 2.44 bits per heavy atom. The van der Waals surface area contributed by atoms with E-state index < -0.39 is 0 Å². The molecule has 0 bridgehead atoms. The summed E-state index contributed by atoms with van der Waals surface area (Å²) in [4.78, 5) is 16.5. The van der Waals surface area contributed by atoms with Crippen LogP contribution in [0.5, 0.6) is 0 Å². The topological polar surface area (TPSA) is 62.7 Å². The largest absolute Gasteiger partial charge is 0.469 e. The van der Waals surface area contributed by atoms with Crippen molar-refractivity contribution < 1.29 is 9.53 Å². The maximum atomic E-state index is 11.0. The summed E-state index contributed by atoms with van der Waals surface area (Å²) in [6.45, 7) is 1.77. The lowest BCUT2D eigenvalue weighted by Gasteiger charge is -2.11. The number of nitrogens with zero attached hydrogens (tertiary/aromatic N) is 1. The highest BCUT2D eigenvalue weighted by Gasteiger charge is 2.00. The molecule has 2 N–H and O–H groups in total. The first-order valence-corrected chi connectivity index (χ1v) is 9.44. The van der Waals surface area contributed by atoms with Gasteiger partial charge < -0.3 is 15.4 Å². The minimum Gasteiger partial charge on any atom is -0.469 e. The maximum absolute atomic E-state index is 11.0. The average Bonchev–Trinajstić information content (AvgIpc) is 2.63. The van der Waals surface area contributed by atoms with Gasteiger partial charge in [0.1, 0.15) is 0 Å². The number of halogens is 1. The summed E-state index contributed by atoms with van der Waals surface area (Å²) in [7, 11) is 3.22. The molecule has 142 valence electrons. The number of benzene rings is 1. The van der Waals surface area contributed by atoms with E-state index in [1.165, 1.54) is 12.0 Å². The number of carbonyl (C=O) groups excluding carboxylic acids is 1. The second-order valence-corrected chi connectivity index (χ2v) is 6.50. The molecule has 0 spiro atoms. The first kappa shape index (κ1) is 24.0. The van der Waals surface area contributed by atoms with Crippen molar-refractivity contribution in [3.63, 3.8) is 0 Å². The molecule has 0 amide bonds. The molecule has 0 atom stereocenters. The van der Waals surface area contributed by atoms with Crippen molar-refractivity contribution in [3.05, 3.63) is 30.3 Å². The second kappa shape index (κ2) is 16.5. The van der Waals surface area contributed by atoms with Crippen LogP contribution in [-0.2, 0) is 9.53 Å². The van der Waals surface area contributed by atoms with Gasteiger partial charge >= 0.3 is 5.97 Å². The molecule has 1 rings (SSSR count). The third-order valence-corrected chi connectivity index (χ3v) is 4.47. The lowest BCUT2D eigenvalue weighted by Crippen LogP contribution is -2.38. The third kappa shape index (κ3) is 13.0. The number of methoxy groups -OCH3 is 1. The Bertz CT molecular complexity index is 486. The van der Waals surface area contributed by atoms with E-state index in [9.17, 15) is 4.79 Å². The molecule has 0 aliphatic rings. The molecule has 0 radical (unpaired) electrons. The highest BCUT2D eigenvalue weighted by Crippen LogP contribution is 2.15. The summed E-state index contributed by atoms with van der Waals surface area (Å²) >= 11 is 1.83. The van der Waals surface area contributed by atoms with Crippen molar-refractivity contribution in [2.24, 2.45) is 4.99 Å². The number of unbranched alkanes of at least 4 members (excludes halogenated alkanes) is 3. The third-order valence-electron chi connectivity index (χ3n) is 3.46. The average molecular weight is 479 g/mol. The number of rotatable bonds is 11. The first-order chi connectivity index (χ1) is 11.8. The van der Waals surface area contributed by atoms with E-state index in [4.69, 9.17) is 0 Å². The van der Waals surface area contributed by atoms with Crippen LogP contribution < -0.4 is 10.6 Å². The summed E-state index contributed by atoms with van der Waals surface area (Å²) < 4.78 is 4.62. The molecule has 1 aromatic carbocycles. The van der Waals surface area contributed by atoms with Gasteiger partial charge in [0.25, 0.3) is 0 Å². The van der Waals surface area contributed by atoms with Crippen LogP contribution in [-0.4, -0.2) is 44.9 Å². The Labute approximate surface area is 172 Å². The second-order valence-electron chi connectivity index (χ2n) is 5.33. The number of esters is 1. The van der Waals surface area contributed by atoms with Crippen LogP contribution >= 0.6 is 35.7 Å². The van der Waals surface area contributed by atoms with E-state index in [0.717, 1.165) is 50.5 Å². The number of ether oxygens (including phenoxy) is 1. The molecule has 1 aromatic rings. The number of guanidine groups is 1. The summed E-state index contributed by atoms with van der Waals surface area (Å²) in [5.74, 6) is 1.72. The first-order valence-electron chi connectivity index (χ1n) is 8.45. The van der Waals surface area contributed by atoms with E-state index in [1.54, 1.807) is 7.05 Å². The van der Waals surface area contributed by atoms with Gasteiger partial charge in [-0.25, -0.2) is 0 Å². The van der Waals surface area contributed by atoms with Crippen LogP contribution in [0, 0.1) is 0 Å². The van der Waals surface area contributed by atoms with E-state index in [1.807, 2.05) is 17.8 Å². The minimum atomic E-state index is -0.119. The fourth-order valence-corrected chi connectivity index (χ4v) is 2.92. The zero-order valence-corrected chi connectivity index (χ0v) is 18.3. The van der Waals surface area contributed by atoms with Gasteiger partial charge in [0.2, 0.25) is 0 Å². The van der Waals surface area contributed by atoms with Gasteiger partial charge in [-0.2, -0.15) is 0 Å².